The number of nitriles is 1. The SMILES string of the molecule is Cc1c(C(=O)O)sc2nc(C)n(Cc3ccc(C#N)cc3)c(=O)c12. The van der Waals surface area contributed by atoms with Gasteiger partial charge in [-0.15, -0.1) is 11.3 Å². The summed E-state index contributed by atoms with van der Waals surface area (Å²) in [5.41, 5.74) is 1.62. The molecule has 7 heteroatoms. The van der Waals surface area contributed by atoms with Crippen LogP contribution in [0, 0.1) is 25.2 Å². The Morgan fingerprint density at radius 3 is 2.58 bits per heavy atom. The maximum absolute atomic E-state index is 12.8. The number of carbonyl (C=O) groups is 1. The number of hydrogen-bond donors (Lipinski definition) is 1. The van der Waals surface area contributed by atoms with Crippen molar-refractivity contribution in [2.24, 2.45) is 0 Å². The first kappa shape index (κ1) is 15.9. The van der Waals surface area contributed by atoms with Gasteiger partial charge in [0.05, 0.1) is 23.6 Å². The fourth-order valence-corrected chi connectivity index (χ4v) is 3.63. The number of rotatable bonds is 3. The molecule has 24 heavy (non-hydrogen) atoms. The second kappa shape index (κ2) is 5.91. The Balaban J connectivity index is 2.14. The largest absolute Gasteiger partial charge is 0.477 e. The average Bonchev–Trinajstić information content (AvgIpc) is 2.89. The van der Waals surface area contributed by atoms with Crippen LogP contribution >= 0.6 is 11.3 Å². The van der Waals surface area contributed by atoms with Gasteiger partial charge in [-0.2, -0.15) is 5.26 Å². The molecule has 0 saturated carbocycles. The predicted octanol–water partition coefficient (Wildman–Crippen LogP) is 2.69. The number of aromatic nitrogens is 2. The quantitative estimate of drug-likeness (QED) is 0.791. The Labute approximate surface area is 141 Å². The van der Waals surface area contributed by atoms with E-state index < -0.39 is 5.97 Å². The van der Waals surface area contributed by atoms with Crippen LogP contribution in [-0.4, -0.2) is 20.6 Å². The van der Waals surface area contributed by atoms with Crippen LogP contribution in [0.2, 0.25) is 0 Å². The fourth-order valence-electron chi connectivity index (χ4n) is 2.58. The Morgan fingerprint density at radius 2 is 2.00 bits per heavy atom. The number of nitrogens with zero attached hydrogens (tertiary/aromatic N) is 3. The van der Waals surface area contributed by atoms with E-state index in [1.807, 2.05) is 0 Å². The molecule has 0 spiro atoms. The number of fused-ring (bicyclic) bond motifs is 1. The third-order valence-corrected chi connectivity index (χ3v) is 5.03. The summed E-state index contributed by atoms with van der Waals surface area (Å²) in [6.45, 7) is 3.67. The van der Waals surface area contributed by atoms with Crippen LogP contribution in [0.25, 0.3) is 10.2 Å². The summed E-state index contributed by atoms with van der Waals surface area (Å²) in [5.74, 6) is -0.527. The molecule has 0 aliphatic heterocycles. The summed E-state index contributed by atoms with van der Waals surface area (Å²) in [5, 5.41) is 18.4. The number of carboxylic acids is 1. The lowest BCUT2D eigenvalue weighted by molar-refractivity contribution is 0.0701. The van der Waals surface area contributed by atoms with Gasteiger partial charge in [-0.25, -0.2) is 9.78 Å². The Kier molecular flexibility index (Phi) is 3.91. The monoisotopic (exact) mass is 339 g/mol. The molecule has 0 bridgehead atoms. The van der Waals surface area contributed by atoms with E-state index in [9.17, 15) is 14.7 Å². The van der Waals surface area contributed by atoms with Crippen LogP contribution in [0.4, 0.5) is 0 Å². The third kappa shape index (κ3) is 2.57. The molecule has 0 saturated heterocycles. The summed E-state index contributed by atoms with van der Waals surface area (Å²) < 4.78 is 1.52. The summed E-state index contributed by atoms with van der Waals surface area (Å²) >= 11 is 1.02. The van der Waals surface area contributed by atoms with Crippen molar-refractivity contribution in [3.8, 4) is 6.07 Å². The highest BCUT2D eigenvalue weighted by Crippen LogP contribution is 2.27. The van der Waals surface area contributed by atoms with Crippen molar-refractivity contribution in [1.82, 2.24) is 9.55 Å². The van der Waals surface area contributed by atoms with E-state index in [4.69, 9.17) is 5.26 Å². The standard InChI is InChI=1S/C17H13N3O3S/c1-9-13-15(24-14(9)17(22)23)19-10(2)20(16(13)21)8-12-5-3-11(7-18)4-6-12/h3-6H,8H2,1-2H3,(H,22,23). The summed E-state index contributed by atoms with van der Waals surface area (Å²) in [6.07, 6.45) is 0. The van der Waals surface area contributed by atoms with E-state index in [0.29, 0.717) is 33.7 Å². The van der Waals surface area contributed by atoms with Gasteiger partial charge in [0.1, 0.15) is 15.5 Å². The summed E-state index contributed by atoms with van der Waals surface area (Å²) in [7, 11) is 0. The molecule has 0 aliphatic carbocycles. The molecule has 0 fully saturated rings. The fraction of sp³-hybridized carbons (Fsp3) is 0.176. The first-order valence-corrected chi connectivity index (χ1v) is 7.97. The Hall–Kier alpha value is -2.98. The average molecular weight is 339 g/mol. The zero-order valence-corrected chi connectivity index (χ0v) is 13.8. The van der Waals surface area contributed by atoms with E-state index in [1.165, 1.54) is 4.57 Å². The maximum Gasteiger partial charge on any atom is 0.346 e. The van der Waals surface area contributed by atoms with Crippen molar-refractivity contribution in [2.75, 3.05) is 0 Å². The van der Waals surface area contributed by atoms with Crippen LogP contribution in [0.1, 0.15) is 32.2 Å². The molecule has 3 rings (SSSR count). The van der Waals surface area contributed by atoms with Gasteiger partial charge in [0, 0.05) is 0 Å². The first-order valence-electron chi connectivity index (χ1n) is 7.15. The van der Waals surface area contributed by atoms with Crippen molar-refractivity contribution < 1.29 is 9.90 Å². The molecule has 0 radical (unpaired) electrons. The molecule has 0 aliphatic rings. The van der Waals surface area contributed by atoms with E-state index in [1.54, 1.807) is 38.1 Å². The lowest BCUT2D eigenvalue weighted by Crippen LogP contribution is -2.24. The molecule has 1 aromatic carbocycles. The highest BCUT2D eigenvalue weighted by atomic mass is 32.1. The molecule has 6 nitrogen and oxygen atoms in total. The van der Waals surface area contributed by atoms with E-state index >= 15 is 0 Å². The minimum absolute atomic E-state index is 0.144. The zero-order chi connectivity index (χ0) is 17.4. The van der Waals surface area contributed by atoms with Gasteiger partial charge < -0.3 is 5.11 Å². The van der Waals surface area contributed by atoms with Gasteiger partial charge in [-0.05, 0) is 37.1 Å². The van der Waals surface area contributed by atoms with Gasteiger partial charge in [-0.1, -0.05) is 12.1 Å². The molecule has 0 atom stereocenters. The normalized spacial score (nSPS) is 10.7. The van der Waals surface area contributed by atoms with Crippen LogP contribution < -0.4 is 5.56 Å². The lowest BCUT2D eigenvalue weighted by Gasteiger charge is -2.10. The van der Waals surface area contributed by atoms with Gasteiger partial charge in [0.15, 0.2) is 0 Å². The van der Waals surface area contributed by atoms with Gasteiger partial charge >= 0.3 is 5.97 Å². The van der Waals surface area contributed by atoms with Crippen molar-refractivity contribution >= 4 is 27.5 Å². The van der Waals surface area contributed by atoms with Crippen LogP contribution in [0.3, 0.4) is 0 Å². The number of hydrogen-bond acceptors (Lipinski definition) is 5. The number of thiophene rings is 1. The van der Waals surface area contributed by atoms with Crippen molar-refractivity contribution in [3.63, 3.8) is 0 Å². The molecule has 0 amide bonds. The molecule has 120 valence electrons. The molecular weight excluding hydrogens is 326 g/mol. The third-order valence-electron chi connectivity index (χ3n) is 3.86. The van der Waals surface area contributed by atoms with Crippen LogP contribution in [0.15, 0.2) is 29.1 Å². The van der Waals surface area contributed by atoms with Crippen LogP contribution in [-0.2, 0) is 6.54 Å². The van der Waals surface area contributed by atoms with Gasteiger partial charge in [0.2, 0.25) is 0 Å². The van der Waals surface area contributed by atoms with E-state index in [0.717, 1.165) is 16.9 Å². The topological polar surface area (TPSA) is 96.0 Å². The summed E-state index contributed by atoms with van der Waals surface area (Å²) in [4.78, 5) is 29.1. The highest BCUT2D eigenvalue weighted by molar-refractivity contribution is 7.20. The van der Waals surface area contributed by atoms with Crippen LogP contribution in [0.5, 0.6) is 0 Å². The van der Waals surface area contributed by atoms with Crippen molar-refractivity contribution in [1.29, 1.82) is 5.26 Å². The molecule has 3 aromatic rings. The minimum atomic E-state index is -1.05. The smallest absolute Gasteiger partial charge is 0.346 e. The molecule has 2 aromatic heterocycles. The zero-order valence-electron chi connectivity index (χ0n) is 13.0. The number of benzene rings is 1. The summed E-state index contributed by atoms with van der Waals surface area (Å²) in [6, 6.07) is 9.02. The molecule has 2 heterocycles. The predicted molar refractivity (Wildman–Crippen MR) is 90.6 cm³/mol. The number of carboxylic acid groups (broad SMARTS) is 1. The number of aromatic carboxylic acids is 1. The number of aryl methyl sites for hydroxylation is 2. The molecule has 1 N–H and O–H groups in total. The van der Waals surface area contributed by atoms with Gasteiger partial charge in [0.25, 0.3) is 5.56 Å². The Bertz CT molecular complexity index is 1060. The Morgan fingerprint density at radius 1 is 1.33 bits per heavy atom. The van der Waals surface area contributed by atoms with E-state index in [-0.39, 0.29) is 10.4 Å². The molecule has 0 unspecified atom stereocenters. The van der Waals surface area contributed by atoms with E-state index in [2.05, 4.69) is 11.1 Å². The minimum Gasteiger partial charge on any atom is -0.477 e. The lowest BCUT2D eigenvalue weighted by atomic mass is 10.1. The van der Waals surface area contributed by atoms with Crippen molar-refractivity contribution in [2.45, 2.75) is 20.4 Å². The first-order chi connectivity index (χ1) is 11.4. The second-order valence-corrected chi connectivity index (χ2v) is 6.40. The highest BCUT2D eigenvalue weighted by Gasteiger charge is 2.20. The maximum atomic E-state index is 12.8. The van der Waals surface area contributed by atoms with Crippen molar-refractivity contribution in [3.05, 3.63) is 62.0 Å². The van der Waals surface area contributed by atoms with Gasteiger partial charge in [-0.3, -0.25) is 9.36 Å². The molecular formula is C17H13N3O3S. The second-order valence-electron chi connectivity index (χ2n) is 5.40.